The second-order valence-corrected chi connectivity index (χ2v) is 4.90. The van der Waals surface area contributed by atoms with Crippen LogP contribution in [0.5, 0.6) is 0 Å². The number of nitrogens with one attached hydrogen (secondary N) is 1. The highest BCUT2D eigenvalue weighted by atomic mass is 35.5. The van der Waals surface area contributed by atoms with Gasteiger partial charge in [0.05, 0.1) is 28.0 Å². The van der Waals surface area contributed by atoms with Gasteiger partial charge in [-0.15, -0.1) is 0 Å². The van der Waals surface area contributed by atoms with Crippen LogP contribution in [-0.2, 0) is 6.54 Å². The molecule has 6 heteroatoms. The number of imidazole rings is 1. The second-order valence-electron chi connectivity index (χ2n) is 4.05. The van der Waals surface area contributed by atoms with Gasteiger partial charge in [-0.2, -0.15) is 0 Å². The molecule has 3 aromatic heterocycles. The molecule has 0 aromatic carbocycles. The molecule has 0 unspecified atom stereocenters. The number of anilines is 1. The molecule has 0 aliphatic carbocycles. The van der Waals surface area contributed by atoms with Crippen LogP contribution in [0.4, 0.5) is 5.69 Å². The lowest BCUT2D eigenvalue weighted by molar-refractivity contribution is 1.08. The highest BCUT2D eigenvalue weighted by Crippen LogP contribution is 2.20. The Balaban J connectivity index is 1.80. The Bertz CT molecular complexity index is 723. The minimum absolute atomic E-state index is 0.586. The Kier molecular flexibility index (Phi) is 3.27. The number of pyridine rings is 2. The SMILES string of the molecule is Clc1ccc2nc(CNc3ccncc3Cl)cn2c1. The minimum atomic E-state index is 0.586. The van der Waals surface area contributed by atoms with Crippen molar-refractivity contribution in [3.05, 3.63) is 58.7 Å². The van der Waals surface area contributed by atoms with E-state index >= 15 is 0 Å². The predicted molar refractivity (Wildman–Crippen MR) is 76.8 cm³/mol. The van der Waals surface area contributed by atoms with Crippen LogP contribution in [0.3, 0.4) is 0 Å². The number of halogens is 2. The van der Waals surface area contributed by atoms with Crippen molar-refractivity contribution < 1.29 is 0 Å². The number of nitrogens with zero attached hydrogens (tertiary/aromatic N) is 3. The van der Waals surface area contributed by atoms with Crippen LogP contribution in [0, 0.1) is 0 Å². The molecule has 3 heterocycles. The van der Waals surface area contributed by atoms with Gasteiger partial charge in [0.2, 0.25) is 0 Å². The van der Waals surface area contributed by atoms with E-state index < -0.39 is 0 Å². The molecular weight excluding hydrogens is 283 g/mol. The van der Waals surface area contributed by atoms with Crippen LogP contribution in [0.15, 0.2) is 43.0 Å². The van der Waals surface area contributed by atoms with Gasteiger partial charge in [-0.3, -0.25) is 4.98 Å². The monoisotopic (exact) mass is 292 g/mol. The van der Waals surface area contributed by atoms with Crippen molar-refractivity contribution in [2.75, 3.05) is 5.32 Å². The van der Waals surface area contributed by atoms with E-state index in [1.165, 1.54) is 0 Å². The summed E-state index contributed by atoms with van der Waals surface area (Å²) in [5.74, 6) is 0. The average molecular weight is 293 g/mol. The molecule has 0 aliphatic rings. The summed E-state index contributed by atoms with van der Waals surface area (Å²) in [4.78, 5) is 8.42. The fourth-order valence-corrected chi connectivity index (χ4v) is 2.16. The van der Waals surface area contributed by atoms with Gasteiger partial charge in [-0.25, -0.2) is 4.98 Å². The fraction of sp³-hybridized carbons (Fsp3) is 0.0769. The minimum Gasteiger partial charge on any atom is -0.378 e. The summed E-state index contributed by atoms with van der Waals surface area (Å²) in [6.07, 6.45) is 7.06. The molecule has 0 atom stereocenters. The van der Waals surface area contributed by atoms with E-state index in [0.29, 0.717) is 16.6 Å². The third kappa shape index (κ3) is 2.64. The molecule has 19 heavy (non-hydrogen) atoms. The molecule has 0 amide bonds. The molecule has 0 bridgehead atoms. The van der Waals surface area contributed by atoms with Crippen molar-refractivity contribution in [2.45, 2.75) is 6.54 Å². The van der Waals surface area contributed by atoms with Gasteiger partial charge in [-0.1, -0.05) is 23.2 Å². The Morgan fingerprint density at radius 2 is 2.05 bits per heavy atom. The second kappa shape index (κ2) is 5.07. The Hall–Kier alpha value is -1.78. The van der Waals surface area contributed by atoms with Crippen LogP contribution >= 0.6 is 23.2 Å². The van der Waals surface area contributed by atoms with E-state index in [9.17, 15) is 0 Å². The molecule has 0 radical (unpaired) electrons. The first kappa shape index (κ1) is 12.3. The summed E-state index contributed by atoms with van der Waals surface area (Å²) < 4.78 is 1.90. The van der Waals surface area contributed by atoms with Crippen LogP contribution < -0.4 is 5.32 Å². The van der Waals surface area contributed by atoms with Crippen molar-refractivity contribution in [3.63, 3.8) is 0 Å². The normalized spacial score (nSPS) is 10.8. The first-order valence-corrected chi connectivity index (χ1v) is 6.44. The maximum atomic E-state index is 6.02. The number of fused-ring (bicyclic) bond motifs is 1. The number of hydrogen-bond acceptors (Lipinski definition) is 3. The van der Waals surface area contributed by atoms with E-state index in [-0.39, 0.29) is 0 Å². The fourth-order valence-electron chi connectivity index (χ4n) is 1.81. The van der Waals surface area contributed by atoms with Crippen LogP contribution in [0.25, 0.3) is 5.65 Å². The first-order valence-electron chi connectivity index (χ1n) is 5.69. The van der Waals surface area contributed by atoms with Crippen LogP contribution in [0.1, 0.15) is 5.69 Å². The highest BCUT2D eigenvalue weighted by molar-refractivity contribution is 6.33. The zero-order valence-corrected chi connectivity index (χ0v) is 11.4. The lowest BCUT2D eigenvalue weighted by Crippen LogP contribution is -2.00. The topological polar surface area (TPSA) is 42.2 Å². The zero-order valence-electron chi connectivity index (χ0n) is 9.85. The summed E-state index contributed by atoms with van der Waals surface area (Å²) in [7, 11) is 0. The summed E-state index contributed by atoms with van der Waals surface area (Å²) in [6, 6.07) is 5.53. The van der Waals surface area contributed by atoms with Gasteiger partial charge in [0, 0.05) is 24.8 Å². The van der Waals surface area contributed by atoms with Gasteiger partial charge in [0.15, 0.2) is 0 Å². The Morgan fingerprint density at radius 3 is 2.89 bits per heavy atom. The number of rotatable bonds is 3. The van der Waals surface area contributed by atoms with Gasteiger partial charge in [0.1, 0.15) is 5.65 Å². The van der Waals surface area contributed by atoms with Gasteiger partial charge < -0.3 is 9.72 Å². The first-order chi connectivity index (χ1) is 9.22. The van der Waals surface area contributed by atoms with E-state index in [1.54, 1.807) is 12.4 Å². The van der Waals surface area contributed by atoms with E-state index in [2.05, 4.69) is 15.3 Å². The third-order valence-electron chi connectivity index (χ3n) is 2.70. The molecule has 0 saturated heterocycles. The molecule has 1 N–H and O–H groups in total. The quantitative estimate of drug-likeness (QED) is 0.801. The summed E-state index contributed by atoms with van der Waals surface area (Å²) in [5, 5.41) is 4.50. The molecule has 0 aliphatic heterocycles. The molecule has 0 saturated carbocycles. The molecular formula is C13H10Cl2N4. The van der Waals surface area contributed by atoms with Gasteiger partial charge in [0.25, 0.3) is 0 Å². The molecule has 3 aromatic rings. The summed E-state index contributed by atoms with van der Waals surface area (Å²) >= 11 is 12.0. The summed E-state index contributed by atoms with van der Waals surface area (Å²) in [6.45, 7) is 0.586. The van der Waals surface area contributed by atoms with E-state index in [0.717, 1.165) is 17.0 Å². The van der Waals surface area contributed by atoms with E-state index in [1.807, 2.05) is 35.0 Å². The largest absolute Gasteiger partial charge is 0.378 e. The molecule has 4 nitrogen and oxygen atoms in total. The number of aromatic nitrogens is 3. The van der Waals surface area contributed by atoms with Crippen molar-refractivity contribution in [2.24, 2.45) is 0 Å². The zero-order chi connectivity index (χ0) is 13.2. The van der Waals surface area contributed by atoms with Crippen molar-refractivity contribution in [1.82, 2.24) is 14.4 Å². The average Bonchev–Trinajstić information content (AvgIpc) is 2.79. The lowest BCUT2D eigenvalue weighted by Gasteiger charge is -2.05. The molecule has 3 rings (SSSR count). The third-order valence-corrected chi connectivity index (χ3v) is 3.22. The molecule has 96 valence electrons. The van der Waals surface area contributed by atoms with Crippen LogP contribution in [0.2, 0.25) is 10.0 Å². The standard InChI is InChI=1S/C13H10Cl2N4/c14-9-1-2-13-18-10(8-19(13)7-9)5-17-12-3-4-16-6-11(12)15/h1-4,6-8H,5H2,(H,16,17). The van der Waals surface area contributed by atoms with Gasteiger partial charge >= 0.3 is 0 Å². The smallest absolute Gasteiger partial charge is 0.137 e. The molecule has 0 fully saturated rings. The number of hydrogen-bond donors (Lipinski definition) is 1. The molecule has 0 spiro atoms. The van der Waals surface area contributed by atoms with Crippen molar-refractivity contribution >= 4 is 34.5 Å². The van der Waals surface area contributed by atoms with Crippen LogP contribution in [-0.4, -0.2) is 14.4 Å². The lowest BCUT2D eigenvalue weighted by atomic mass is 10.4. The van der Waals surface area contributed by atoms with E-state index in [4.69, 9.17) is 23.2 Å². The van der Waals surface area contributed by atoms with Gasteiger partial charge in [-0.05, 0) is 18.2 Å². The Labute approximate surface area is 120 Å². The van der Waals surface area contributed by atoms with Crippen molar-refractivity contribution in [3.8, 4) is 0 Å². The summed E-state index contributed by atoms with van der Waals surface area (Å²) in [5.41, 5.74) is 2.61. The maximum absolute atomic E-state index is 6.02. The Morgan fingerprint density at radius 1 is 1.16 bits per heavy atom. The highest BCUT2D eigenvalue weighted by Gasteiger charge is 2.03. The van der Waals surface area contributed by atoms with Crippen molar-refractivity contribution in [1.29, 1.82) is 0 Å². The predicted octanol–water partition coefficient (Wildman–Crippen LogP) is 3.65. The maximum Gasteiger partial charge on any atom is 0.137 e.